The highest BCUT2D eigenvalue weighted by Gasteiger charge is 2.84. The van der Waals surface area contributed by atoms with Crippen molar-refractivity contribution in [3.05, 3.63) is 23.3 Å². The molecule has 0 aromatic carbocycles. The number of ether oxygens (including phenoxy) is 3. The summed E-state index contributed by atoms with van der Waals surface area (Å²) in [7, 11) is 0. The van der Waals surface area contributed by atoms with E-state index in [4.69, 9.17) is 14.2 Å². The molecule has 0 unspecified atom stereocenters. The van der Waals surface area contributed by atoms with E-state index in [1.165, 1.54) is 6.08 Å². The molecule has 1 spiro atoms. The maximum atomic E-state index is 13.0. The second-order valence-corrected chi connectivity index (χ2v) is 11.1. The van der Waals surface area contributed by atoms with Crippen molar-refractivity contribution in [2.24, 2.45) is 34.5 Å². The SMILES string of the molecule is C/C=C(\C)C(=O)O[C@@H]1[C@H]2C(C)=C[C@H](O)[C@@H](O)[C@]2(C)[C@H]2[C@@]3(O)OC[C@@]24[C@@H]1OC(=O)C[C@H]4[C@@H](C)[C@H]3O. The zero-order valence-corrected chi connectivity index (χ0v) is 20.1. The number of allylic oxidation sites excluding steroid dienone is 1. The third kappa shape index (κ3) is 2.62. The molecule has 9 nitrogen and oxygen atoms in total. The minimum absolute atomic E-state index is 0.00738. The summed E-state index contributed by atoms with van der Waals surface area (Å²) in [5.41, 5.74) is -1.28. The van der Waals surface area contributed by atoms with Crippen LogP contribution in [-0.2, 0) is 23.8 Å². The fourth-order valence-corrected chi connectivity index (χ4v) is 8.27. The van der Waals surface area contributed by atoms with Gasteiger partial charge in [-0.15, -0.1) is 0 Å². The molecular formula is C25H34O9. The quantitative estimate of drug-likeness (QED) is 0.253. The molecule has 9 heteroatoms. The van der Waals surface area contributed by atoms with Gasteiger partial charge in [0, 0.05) is 34.7 Å². The van der Waals surface area contributed by atoms with Gasteiger partial charge in [-0.25, -0.2) is 4.79 Å². The van der Waals surface area contributed by atoms with Crippen LogP contribution >= 0.6 is 0 Å². The minimum atomic E-state index is -2.03. The molecule has 5 rings (SSSR count). The molecule has 2 saturated heterocycles. The van der Waals surface area contributed by atoms with E-state index in [0.717, 1.165) is 0 Å². The van der Waals surface area contributed by atoms with E-state index in [0.29, 0.717) is 11.1 Å². The first kappa shape index (κ1) is 23.9. The van der Waals surface area contributed by atoms with Gasteiger partial charge in [0.25, 0.3) is 0 Å². The van der Waals surface area contributed by atoms with Crippen molar-refractivity contribution in [2.75, 3.05) is 6.61 Å². The van der Waals surface area contributed by atoms with E-state index >= 15 is 0 Å². The van der Waals surface area contributed by atoms with Crippen LogP contribution in [0.1, 0.15) is 41.0 Å². The van der Waals surface area contributed by atoms with E-state index in [1.807, 2.05) is 0 Å². The normalized spacial score (nSPS) is 53.9. The van der Waals surface area contributed by atoms with Crippen LogP contribution in [-0.4, -0.2) is 75.3 Å². The van der Waals surface area contributed by atoms with Gasteiger partial charge in [0.15, 0.2) is 5.79 Å². The number of hydrogen-bond donors (Lipinski definition) is 4. The molecule has 5 aliphatic rings. The van der Waals surface area contributed by atoms with Gasteiger partial charge < -0.3 is 34.6 Å². The van der Waals surface area contributed by atoms with Crippen molar-refractivity contribution in [2.45, 2.75) is 77.3 Å². The Balaban J connectivity index is 1.78. The van der Waals surface area contributed by atoms with Crippen LogP contribution in [0.3, 0.4) is 0 Å². The van der Waals surface area contributed by atoms with Crippen molar-refractivity contribution < 1.29 is 44.2 Å². The topological polar surface area (TPSA) is 143 Å². The summed E-state index contributed by atoms with van der Waals surface area (Å²) in [4.78, 5) is 25.8. The first-order chi connectivity index (χ1) is 15.8. The number of esters is 2. The molecule has 0 aromatic rings. The van der Waals surface area contributed by atoms with Gasteiger partial charge in [0.2, 0.25) is 0 Å². The summed E-state index contributed by atoms with van der Waals surface area (Å²) in [6, 6.07) is 0. The number of rotatable bonds is 2. The van der Waals surface area contributed by atoms with Gasteiger partial charge in [0.05, 0.1) is 18.8 Å². The molecule has 34 heavy (non-hydrogen) atoms. The summed E-state index contributed by atoms with van der Waals surface area (Å²) in [6.45, 7) is 8.57. The summed E-state index contributed by atoms with van der Waals surface area (Å²) >= 11 is 0. The zero-order chi connectivity index (χ0) is 25.0. The standard InChI is InChI=1S/C25H34O9/c1-6-10(2)21(30)34-17-16-11(3)7-14(26)19(29)23(16,5)22-24-9-32-25(22,31)18(28)12(4)13(24)8-15(27)33-20(17)24/h6-7,12-14,16-20,22,26,28-29,31H,8-9H2,1-5H3/b10-6+/t12-,13+,14+,16-,17-,18-,19-,20-,22-,23-,24-,25+/m1/s1. The monoisotopic (exact) mass is 478 g/mol. The van der Waals surface area contributed by atoms with Crippen molar-refractivity contribution in [3.8, 4) is 0 Å². The second-order valence-electron chi connectivity index (χ2n) is 11.1. The van der Waals surface area contributed by atoms with Gasteiger partial charge in [0.1, 0.15) is 18.3 Å². The highest BCUT2D eigenvalue weighted by molar-refractivity contribution is 5.88. The zero-order valence-electron chi connectivity index (χ0n) is 20.1. The van der Waals surface area contributed by atoms with Crippen LogP contribution < -0.4 is 0 Å². The molecular weight excluding hydrogens is 444 g/mol. The molecule has 2 aliphatic heterocycles. The largest absolute Gasteiger partial charge is 0.458 e. The van der Waals surface area contributed by atoms with Gasteiger partial charge in [-0.3, -0.25) is 4.79 Å². The van der Waals surface area contributed by atoms with Crippen LogP contribution in [0.2, 0.25) is 0 Å². The number of hydrogen-bond acceptors (Lipinski definition) is 9. The lowest BCUT2D eigenvalue weighted by Crippen LogP contribution is -2.79. The molecule has 12 atom stereocenters. The predicted octanol–water partition coefficient (Wildman–Crippen LogP) is 0.446. The van der Waals surface area contributed by atoms with E-state index < -0.39 is 82.7 Å². The van der Waals surface area contributed by atoms with Crippen molar-refractivity contribution in [3.63, 3.8) is 0 Å². The lowest BCUT2D eigenvalue weighted by Gasteiger charge is -2.69. The van der Waals surface area contributed by atoms with Crippen LogP contribution in [0.25, 0.3) is 0 Å². The summed E-state index contributed by atoms with van der Waals surface area (Å²) in [6.07, 6.45) is -2.69. The number of carbonyl (C=O) groups is 2. The Hall–Kier alpha value is -1.78. The van der Waals surface area contributed by atoms with Gasteiger partial charge in [-0.1, -0.05) is 31.6 Å². The van der Waals surface area contributed by atoms with Crippen LogP contribution in [0.15, 0.2) is 23.3 Å². The molecule has 2 heterocycles. The highest BCUT2D eigenvalue weighted by atomic mass is 16.7. The molecule has 4 N–H and O–H groups in total. The minimum Gasteiger partial charge on any atom is -0.458 e. The number of aliphatic hydroxyl groups excluding tert-OH is 3. The summed E-state index contributed by atoms with van der Waals surface area (Å²) in [5.74, 6) is -5.64. The van der Waals surface area contributed by atoms with Gasteiger partial charge >= 0.3 is 11.9 Å². The summed E-state index contributed by atoms with van der Waals surface area (Å²) < 4.78 is 17.9. The lowest BCUT2D eigenvalue weighted by atomic mass is 9.37. The van der Waals surface area contributed by atoms with Crippen molar-refractivity contribution in [1.82, 2.24) is 0 Å². The maximum absolute atomic E-state index is 13.0. The van der Waals surface area contributed by atoms with Crippen LogP contribution in [0, 0.1) is 34.5 Å². The van der Waals surface area contributed by atoms with Crippen LogP contribution in [0.5, 0.6) is 0 Å². The first-order valence-corrected chi connectivity index (χ1v) is 12.0. The van der Waals surface area contributed by atoms with Gasteiger partial charge in [-0.2, -0.15) is 0 Å². The van der Waals surface area contributed by atoms with E-state index in [-0.39, 0.29) is 13.0 Å². The predicted molar refractivity (Wildman–Crippen MR) is 117 cm³/mol. The Morgan fingerprint density at radius 1 is 1.26 bits per heavy atom. The van der Waals surface area contributed by atoms with E-state index in [2.05, 4.69) is 0 Å². The molecule has 3 aliphatic carbocycles. The molecule has 2 saturated carbocycles. The van der Waals surface area contributed by atoms with Crippen LogP contribution in [0.4, 0.5) is 0 Å². The van der Waals surface area contributed by atoms with Gasteiger partial charge in [-0.05, 0) is 32.6 Å². The lowest BCUT2D eigenvalue weighted by molar-refractivity contribution is -0.350. The molecule has 2 bridgehead atoms. The molecule has 0 amide bonds. The molecule has 188 valence electrons. The Morgan fingerprint density at radius 2 is 1.94 bits per heavy atom. The Bertz CT molecular complexity index is 989. The number of carbonyl (C=O) groups excluding carboxylic acids is 2. The first-order valence-electron chi connectivity index (χ1n) is 12.0. The molecule has 0 radical (unpaired) electrons. The fraction of sp³-hybridized carbons (Fsp3) is 0.760. The highest BCUT2D eigenvalue weighted by Crippen LogP contribution is 2.74. The van der Waals surface area contributed by atoms with Crippen molar-refractivity contribution >= 4 is 11.9 Å². The number of fused-ring (bicyclic) bond motifs is 1. The fourth-order valence-electron chi connectivity index (χ4n) is 8.27. The van der Waals surface area contributed by atoms with Crippen molar-refractivity contribution in [1.29, 1.82) is 0 Å². The smallest absolute Gasteiger partial charge is 0.333 e. The van der Waals surface area contributed by atoms with E-state index in [1.54, 1.807) is 40.7 Å². The average molecular weight is 479 g/mol. The Kier molecular flexibility index (Phi) is 5.19. The summed E-state index contributed by atoms with van der Waals surface area (Å²) in [5, 5.41) is 45.2. The maximum Gasteiger partial charge on any atom is 0.333 e. The molecule has 0 aromatic heterocycles. The Labute approximate surface area is 198 Å². The third-order valence-corrected chi connectivity index (χ3v) is 9.73. The Morgan fingerprint density at radius 3 is 2.59 bits per heavy atom. The third-order valence-electron chi connectivity index (χ3n) is 9.73. The molecule has 4 fully saturated rings. The van der Waals surface area contributed by atoms with E-state index in [9.17, 15) is 30.0 Å². The second kappa shape index (κ2) is 7.36. The number of aliphatic hydroxyl groups is 4. The average Bonchev–Trinajstić information content (AvgIpc) is 3.08.